The Labute approximate surface area is 303 Å². The van der Waals surface area contributed by atoms with Crippen LogP contribution in [-0.2, 0) is 0 Å². The third kappa shape index (κ3) is 5.29. The zero-order chi connectivity index (χ0) is 37.0. The van der Waals surface area contributed by atoms with Gasteiger partial charge in [0.2, 0.25) is 0 Å². The summed E-state index contributed by atoms with van der Waals surface area (Å²) in [6.45, 7) is 2.43. The predicted molar refractivity (Wildman–Crippen MR) is 215 cm³/mol. The molecule has 0 fully saturated rings. The molecule has 0 saturated carbocycles. The highest BCUT2D eigenvalue weighted by atomic mass is 15.4. The number of hydrogen-bond acceptors (Lipinski definition) is 4. The second-order valence-corrected chi connectivity index (χ2v) is 13.4. The molecule has 3 heterocycles. The van der Waals surface area contributed by atoms with E-state index in [2.05, 4.69) is 143 Å². The number of fused-ring (bicyclic) bond motifs is 4. The van der Waals surface area contributed by atoms with Gasteiger partial charge < -0.3 is 14.7 Å². The van der Waals surface area contributed by atoms with Crippen LogP contribution in [0.15, 0.2) is 164 Å². The summed E-state index contributed by atoms with van der Waals surface area (Å²) in [7, 11) is 0. The summed E-state index contributed by atoms with van der Waals surface area (Å²) >= 11 is 0. The van der Waals surface area contributed by atoms with Crippen molar-refractivity contribution >= 4 is 55.9 Å². The van der Waals surface area contributed by atoms with Crippen LogP contribution in [0.4, 0.5) is 34.1 Å². The van der Waals surface area contributed by atoms with Crippen LogP contribution in [0.3, 0.4) is 0 Å². The fourth-order valence-corrected chi connectivity index (χ4v) is 7.58. The lowest BCUT2D eigenvalue weighted by Crippen LogP contribution is -2.24. The largest absolute Gasteiger partial charge is 0.355 e. The average Bonchev–Trinajstić information content (AvgIpc) is 3.75. The van der Waals surface area contributed by atoms with Crippen LogP contribution in [0.1, 0.15) is 29.4 Å². The fraction of sp³-hybridized carbons (Fsp3) is 0.109. The van der Waals surface area contributed by atoms with E-state index in [0.29, 0.717) is 11.6 Å². The van der Waals surface area contributed by atoms with Crippen LogP contribution in [0.5, 0.6) is 0 Å². The van der Waals surface area contributed by atoms with Crippen LogP contribution in [0.2, 0.25) is 0 Å². The van der Waals surface area contributed by atoms with E-state index in [-0.39, 0.29) is 6.67 Å². The van der Waals surface area contributed by atoms with Gasteiger partial charge in [-0.3, -0.25) is 4.57 Å². The van der Waals surface area contributed by atoms with Crippen molar-refractivity contribution in [2.24, 2.45) is 0 Å². The van der Waals surface area contributed by atoms with Crippen LogP contribution in [0.25, 0.3) is 38.8 Å². The van der Waals surface area contributed by atoms with Crippen molar-refractivity contribution in [2.75, 3.05) is 28.3 Å². The van der Waals surface area contributed by atoms with E-state index in [1.807, 2.05) is 48.7 Å². The van der Waals surface area contributed by atoms with Gasteiger partial charge in [-0.15, -0.1) is 0 Å². The molecular weight excluding hydrogens is 623 g/mol. The molecule has 2 aromatic heterocycles. The first-order chi connectivity index (χ1) is 26.3. The SMILES string of the molecule is [2H]C([2H])([2H])N1CN(c2cccc(N(c3ccccc3)c3ccc4c5ccccc5n(-c5cc(-c6ccccc6C(C)C)ccn5)c4c3)c2)c2ccccc21. The molecule has 1 aliphatic rings. The Balaban J connectivity index is 1.20. The van der Waals surface area contributed by atoms with Crippen molar-refractivity contribution in [1.82, 2.24) is 9.55 Å². The van der Waals surface area contributed by atoms with Crippen LogP contribution < -0.4 is 14.7 Å². The molecule has 0 aliphatic carbocycles. The maximum atomic E-state index is 8.23. The first-order valence-corrected chi connectivity index (χ1v) is 17.4. The lowest BCUT2D eigenvalue weighted by atomic mass is 9.93. The molecule has 6 aromatic carbocycles. The van der Waals surface area contributed by atoms with Crippen molar-refractivity contribution in [3.8, 4) is 16.9 Å². The molecular formula is C46H39N5. The molecule has 0 saturated heterocycles. The van der Waals surface area contributed by atoms with Gasteiger partial charge >= 0.3 is 0 Å². The molecule has 51 heavy (non-hydrogen) atoms. The molecule has 0 spiro atoms. The summed E-state index contributed by atoms with van der Waals surface area (Å²) in [6.07, 6.45) is 1.91. The summed E-state index contributed by atoms with van der Waals surface area (Å²) < 4.78 is 27.0. The first kappa shape index (κ1) is 27.5. The quantitative estimate of drug-likeness (QED) is 0.169. The second-order valence-electron chi connectivity index (χ2n) is 13.4. The van der Waals surface area contributed by atoms with Gasteiger partial charge in [0.15, 0.2) is 0 Å². The minimum atomic E-state index is -2.27. The molecule has 0 N–H and O–H groups in total. The molecule has 5 heteroatoms. The Morgan fingerprint density at radius 2 is 1.35 bits per heavy atom. The number of pyridine rings is 1. The van der Waals surface area contributed by atoms with Gasteiger partial charge in [0.05, 0.1) is 29.1 Å². The van der Waals surface area contributed by atoms with Gasteiger partial charge in [0.25, 0.3) is 0 Å². The highest BCUT2D eigenvalue weighted by Crippen LogP contribution is 2.44. The van der Waals surface area contributed by atoms with Gasteiger partial charge in [-0.2, -0.15) is 0 Å². The maximum absolute atomic E-state index is 8.23. The Morgan fingerprint density at radius 3 is 2.22 bits per heavy atom. The molecule has 0 atom stereocenters. The molecule has 0 bridgehead atoms. The number of hydrogen-bond donors (Lipinski definition) is 0. The van der Waals surface area contributed by atoms with Crippen LogP contribution >= 0.6 is 0 Å². The summed E-state index contributed by atoms with van der Waals surface area (Å²) in [4.78, 5) is 10.8. The minimum Gasteiger partial charge on any atom is -0.355 e. The molecule has 0 unspecified atom stereocenters. The number of rotatable bonds is 7. The monoisotopic (exact) mass is 664 g/mol. The first-order valence-electron chi connectivity index (χ1n) is 18.9. The smallest absolute Gasteiger partial charge is 0.138 e. The van der Waals surface area contributed by atoms with Gasteiger partial charge in [-0.1, -0.05) is 98.8 Å². The Hall–Kier alpha value is -6.33. The highest BCUT2D eigenvalue weighted by molar-refractivity contribution is 6.10. The number of para-hydroxylation sites is 4. The Morgan fingerprint density at radius 1 is 0.627 bits per heavy atom. The van der Waals surface area contributed by atoms with Gasteiger partial charge in [0.1, 0.15) is 5.82 Å². The normalized spacial score (nSPS) is 13.7. The Bertz CT molecular complexity index is 2650. The second kappa shape index (κ2) is 12.5. The summed E-state index contributed by atoms with van der Waals surface area (Å²) in [5.41, 5.74) is 11.2. The van der Waals surface area contributed by atoms with Crippen LogP contribution in [0, 0.1) is 0 Å². The van der Waals surface area contributed by atoms with Crippen molar-refractivity contribution in [1.29, 1.82) is 0 Å². The average molecular weight is 665 g/mol. The zero-order valence-corrected chi connectivity index (χ0v) is 28.6. The van der Waals surface area contributed by atoms with Crippen molar-refractivity contribution < 1.29 is 4.11 Å². The summed E-state index contributed by atoms with van der Waals surface area (Å²) in [5, 5.41) is 2.30. The molecule has 8 aromatic rings. The predicted octanol–water partition coefficient (Wildman–Crippen LogP) is 12.0. The van der Waals surface area contributed by atoms with Gasteiger partial charge in [0, 0.05) is 50.8 Å². The van der Waals surface area contributed by atoms with Gasteiger partial charge in [-0.25, -0.2) is 4.98 Å². The van der Waals surface area contributed by atoms with Crippen molar-refractivity contribution in [2.45, 2.75) is 19.8 Å². The lowest BCUT2D eigenvalue weighted by Gasteiger charge is -2.27. The summed E-state index contributed by atoms with van der Waals surface area (Å²) in [6, 6.07) is 54.5. The Kier molecular flexibility index (Phi) is 6.75. The third-order valence-electron chi connectivity index (χ3n) is 9.94. The zero-order valence-electron chi connectivity index (χ0n) is 31.6. The van der Waals surface area contributed by atoms with Crippen molar-refractivity contribution in [3.63, 3.8) is 0 Å². The molecule has 0 radical (unpaired) electrons. The molecule has 1 aliphatic heterocycles. The van der Waals surface area contributed by atoms with E-state index in [9.17, 15) is 0 Å². The van der Waals surface area contributed by atoms with E-state index >= 15 is 0 Å². The minimum absolute atomic E-state index is 0.227. The number of benzene rings is 6. The van der Waals surface area contributed by atoms with Gasteiger partial charge in [-0.05, 0) is 95.4 Å². The fourth-order valence-electron chi connectivity index (χ4n) is 7.58. The molecule has 0 amide bonds. The van der Waals surface area contributed by atoms with E-state index in [4.69, 9.17) is 9.10 Å². The van der Waals surface area contributed by atoms with E-state index in [1.165, 1.54) is 16.0 Å². The lowest BCUT2D eigenvalue weighted by molar-refractivity contribution is 0.869. The highest BCUT2D eigenvalue weighted by Gasteiger charge is 2.25. The van der Waals surface area contributed by atoms with E-state index < -0.39 is 6.98 Å². The molecule has 248 valence electrons. The van der Waals surface area contributed by atoms with Crippen molar-refractivity contribution in [3.05, 3.63) is 169 Å². The third-order valence-corrected chi connectivity index (χ3v) is 9.94. The number of nitrogens with zero attached hydrogens (tertiary/aromatic N) is 5. The standard InChI is InChI=1S/C46H39N5/c1-32(2)38-18-7-8-19-39(38)33-26-27-47-46(28-33)51-42-21-10-9-20-40(42)41-25-24-37(30-45(41)51)50(34-14-5-4-6-15-34)36-17-13-16-35(29-36)49-31-48(3)43-22-11-12-23-44(43)49/h4-30,32H,31H2,1-3H3/i3D3. The molecule has 9 rings (SSSR count). The van der Waals surface area contributed by atoms with E-state index in [0.717, 1.165) is 61.6 Å². The topological polar surface area (TPSA) is 27.5 Å². The number of anilines is 6. The number of aromatic nitrogens is 2. The molecule has 5 nitrogen and oxygen atoms in total. The summed E-state index contributed by atoms with van der Waals surface area (Å²) in [5.74, 6) is 1.24. The maximum Gasteiger partial charge on any atom is 0.138 e. The van der Waals surface area contributed by atoms with Crippen LogP contribution in [-0.4, -0.2) is 23.2 Å². The van der Waals surface area contributed by atoms with E-state index in [1.54, 1.807) is 0 Å².